The molecular weight excluding hydrogens is 409 g/mol. The number of nitrogen functional groups attached to an aromatic ring is 1. The Hall–Kier alpha value is -3.52. The van der Waals surface area contributed by atoms with Gasteiger partial charge in [-0.05, 0) is 43.2 Å². The van der Waals surface area contributed by atoms with Crippen molar-refractivity contribution in [3.05, 3.63) is 65.9 Å². The van der Waals surface area contributed by atoms with Crippen LogP contribution in [0.3, 0.4) is 0 Å². The van der Waals surface area contributed by atoms with E-state index in [2.05, 4.69) is 14.9 Å². The number of Topliss-reactive ketones (excluding diaryl/α,β-unsaturated/α-hetero) is 1. The number of nitrogens with two attached hydrogens (primary N) is 2. The van der Waals surface area contributed by atoms with E-state index < -0.39 is 5.82 Å². The van der Waals surface area contributed by atoms with E-state index in [1.54, 1.807) is 36.7 Å². The Morgan fingerprint density at radius 2 is 2.12 bits per heavy atom. The normalized spacial score (nSPS) is 16.1. The van der Waals surface area contributed by atoms with Crippen LogP contribution in [-0.4, -0.2) is 42.0 Å². The Balaban J connectivity index is 1.64. The Kier molecular flexibility index (Phi) is 6.32. The smallest absolute Gasteiger partial charge is 0.187 e. The van der Waals surface area contributed by atoms with Gasteiger partial charge in [0.25, 0.3) is 0 Å². The first-order valence-electron chi connectivity index (χ1n) is 10.5. The zero-order valence-electron chi connectivity index (χ0n) is 17.9. The van der Waals surface area contributed by atoms with E-state index in [0.29, 0.717) is 5.69 Å². The average Bonchev–Trinajstić information content (AvgIpc) is 2.80. The molecule has 1 aromatic carbocycles. The number of piperidine rings is 1. The molecule has 8 heteroatoms. The number of methoxy groups -OCH3 is 1. The van der Waals surface area contributed by atoms with Crippen molar-refractivity contribution >= 4 is 17.2 Å². The minimum absolute atomic E-state index is 0.0795. The molecule has 0 aliphatic carbocycles. The van der Waals surface area contributed by atoms with Gasteiger partial charge in [0.05, 0.1) is 18.5 Å². The number of carbonyl (C=O) groups excluding carboxylic acids is 1. The number of ether oxygens (including phenoxy) is 1. The number of carbonyl (C=O) groups is 1. The lowest BCUT2D eigenvalue weighted by Crippen LogP contribution is -2.43. The quantitative estimate of drug-likeness (QED) is 0.573. The van der Waals surface area contributed by atoms with Crippen molar-refractivity contribution in [2.24, 2.45) is 5.73 Å². The predicted molar refractivity (Wildman–Crippen MR) is 122 cm³/mol. The molecule has 3 aromatic rings. The molecule has 0 radical (unpaired) electrons. The monoisotopic (exact) mass is 435 g/mol. The third-order valence-electron chi connectivity index (χ3n) is 5.68. The number of ketones is 1. The maximum atomic E-state index is 14.7. The molecule has 32 heavy (non-hydrogen) atoms. The van der Waals surface area contributed by atoms with Crippen LogP contribution in [0, 0.1) is 5.82 Å². The van der Waals surface area contributed by atoms with Crippen LogP contribution >= 0.6 is 0 Å². The fourth-order valence-corrected chi connectivity index (χ4v) is 4.06. The van der Waals surface area contributed by atoms with Crippen molar-refractivity contribution in [2.45, 2.75) is 25.3 Å². The minimum Gasteiger partial charge on any atom is -0.494 e. The first-order chi connectivity index (χ1) is 15.5. The van der Waals surface area contributed by atoms with Gasteiger partial charge in [-0.1, -0.05) is 6.07 Å². The van der Waals surface area contributed by atoms with Gasteiger partial charge >= 0.3 is 0 Å². The highest BCUT2D eigenvalue weighted by atomic mass is 19.1. The second kappa shape index (κ2) is 9.32. The molecule has 1 atom stereocenters. The molecule has 1 saturated heterocycles. The molecule has 0 saturated carbocycles. The summed E-state index contributed by atoms with van der Waals surface area (Å²) in [6.45, 7) is 1.61. The summed E-state index contributed by atoms with van der Waals surface area (Å²) in [7, 11) is 1.40. The van der Waals surface area contributed by atoms with Gasteiger partial charge in [0.1, 0.15) is 5.69 Å². The van der Waals surface area contributed by atoms with E-state index in [4.69, 9.17) is 16.2 Å². The number of pyridine rings is 2. The zero-order valence-corrected chi connectivity index (χ0v) is 17.9. The number of benzene rings is 1. The first kappa shape index (κ1) is 21.7. The second-order valence-electron chi connectivity index (χ2n) is 7.91. The molecule has 1 aliphatic rings. The number of rotatable bonds is 6. The Morgan fingerprint density at radius 1 is 1.28 bits per heavy atom. The van der Waals surface area contributed by atoms with E-state index in [0.717, 1.165) is 37.2 Å². The third kappa shape index (κ3) is 4.40. The lowest BCUT2D eigenvalue weighted by atomic mass is 10.0. The largest absolute Gasteiger partial charge is 0.494 e. The van der Waals surface area contributed by atoms with Crippen LogP contribution < -0.4 is 21.1 Å². The molecule has 0 bridgehead atoms. The maximum Gasteiger partial charge on any atom is 0.187 e. The molecule has 0 unspecified atom stereocenters. The van der Waals surface area contributed by atoms with Crippen molar-refractivity contribution in [3.63, 3.8) is 0 Å². The summed E-state index contributed by atoms with van der Waals surface area (Å²) in [5, 5.41) is 0. The van der Waals surface area contributed by atoms with Gasteiger partial charge in [0.2, 0.25) is 0 Å². The zero-order chi connectivity index (χ0) is 22.7. The molecule has 3 heterocycles. The second-order valence-corrected chi connectivity index (χ2v) is 7.91. The van der Waals surface area contributed by atoms with Crippen molar-refractivity contribution in [1.29, 1.82) is 0 Å². The third-order valence-corrected chi connectivity index (χ3v) is 5.68. The summed E-state index contributed by atoms with van der Waals surface area (Å²) in [6.07, 6.45) is 5.47. The minimum atomic E-state index is -0.540. The van der Waals surface area contributed by atoms with Gasteiger partial charge in [-0.3, -0.25) is 9.78 Å². The standard InChI is InChI=1S/C24H26FN5O2/c1-32-22-6-2-5-17(23(22)25)19-8-7-18(27)24(29-19)21(31)12-15-13-28-10-9-20(15)30-11-3-4-16(26)14-30/h2,5-10,13,16H,3-4,11-12,14,26-27H2,1H3/t16-/m0/s1. The summed E-state index contributed by atoms with van der Waals surface area (Å²) < 4.78 is 19.8. The molecule has 1 fully saturated rings. The van der Waals surface area contributed by atoms with Crippen LogP contribution in [0.5, 0.6) is 5.75 Å². The molecule has 4 N–H and O–H groups in total. The first-order valence-corrected chi connectivity index (χ1v) is 10.5. The SMILES string of the molecule is COc1cccc(-c2ccc(N)c(C(=O)Cc3cnccc3N3CCC[C@H](N)C3)n2)c1F. The van der Waals surface area contributed by atoms with Gasteiger partial charge in [0.15, 0.2) is 17.3 Å². The highest BCUT2D eigenvalue weighted by molar-refractivity contribution is 6.01. The molecule has 2 aromatic heterocycles. The Bertz CT molecular complexity index is 1140. The summed E-state index contributed by atoms with van der Waals surface area (Å²) in [6, 6.07) is 9.95. The summed E-state index contributed by atoms with van der Waals surface area (Å²) in [4.78, 5) is 24.0. The van der Waals surface area contributed by atoms with Gasteiger partial charge < -0.3 is 21.1 Å². The van der Waals surface area contributed by atoms with E-state index >= 15 is 0 Å². The van der Waals surface area contributed by atoms with Crippen LogP contribution in [-0.2, 0) is 6.42 Å². The molecule has 0 amide bonds. The van der Waals surface area contributed by atoms with Crippen molar-refractivity contribution in [2.75, 3.05) is 30.8 Å². The molecule has 0 spiro atoms. The van der Waals surface area contributed by atoms with E-state index in [9.17, 15) is 9.18 Å². The van der Waals surface area contributed by atoms with Crippen LogP contribution in [0.2, 0.25) is 0 Å². The fourth-order valence-electron chi connectivity index (χ4n) is 4.06. The summed E-state index contributed by atoms with van der Waals surface area (Å²) >= 11 is 0. The van der Waals surface area contributed by atoms with Crippen LogP contribution in [0.1, 0.15) is 28.9 Å². The van der Waals surface area contributed by atoms with Crippen LogP contribution in [0.25, 0.3) is 11.3 Å². The van der Waals surface area contributed by atoms with Gasteiger partial charge in [-0.2, -0.15) is 0 Å². The van der Waals surface area contributed by atoms with Crippen LogP contribution in [0.15, 0.2) is 48.8 Å². The van der Waals surface area contributed by atoms with Gasteiger partial charge in [0, 0.05) is 54.8 Å². The number of aromatic nitrogens is 2. The maximum absolute atomic E-state index is 14.7. The number of nitrogens with zero attached hydrogens (tertiary/aromatic N) is 3. The van der Waals surface area contributed by atoms with Crippen molar-refractivity contribution < 1.29 is 13.9 Å². The Morgan fingerprint density at radius 3 is 2.91 bits per heavy atom. The lowest BCUT2D eigenvalue weighted by molar-refractivity contribution is 0.0989. The number of hydrogen-bond acceptors (Lipinski definition) is 7. The van der Waals surface area contributed by atoms with E-state index in [1.165, 1.54) is 13.2 Å². The number of anilines is 2. The number of halogens is 1. The molecule has 7 nitrogen and oxygen atoms in total. The van der Waals surface area contributed by atoms with Crippen molar-refractivity contribution in [1.82, 2.24) is 9.97 Å². The number of hydrogen-bond donors (Lipinski definition) is 2. The van der Waals surface area contributed by atoms with E-state index in [1.807, 2.05) is 6.07 Å². The fraction of sp³-hybridized carbons (Fsp3) is 0.292. The molecule has 1 aliphatic heterocycles. The van der Waals surface area contributed by atoms with Crippen LogP contribution in [0.4, 0.5) is 15.8 Å². The topological polar surface area (TPSA) is 107 Å². The summed E-state index contributed by atoms with van der Waals surface area (Å²) in [5.74, 6) is -0.696. The Labute approximate surface area is 186 Å². The highest BCUT2D eigenvalue weighted by Crippen LogP contribution is 2.30. The molecular formula is C24H26FN5O2. The lowest BCUT2D eigenvalue weighted by Gasteiger charge is -2.33. The highest BCUT2D eigenvalue weighted by Gasteiger charge is 2.22. The summed E-state index contributed by atoms with van der Waals surface area (Å²) in [5.41, 5.74) is 14.8. The van der Waals surface area contributed by atoms with Gasteiger partial charge in [-0.25, -0.2) is 9.37 Å². The molecule has 4 rings (SSSR count). The van der Waals surface area contributed by atoms with E-state index in [-0.39, 0.29) is 40.9 Å². The van der Waals surface area contributed by atoms with Gasteiger partial charge in [-0.15, -0.1) is 0 Å². The average molecular weight is 436 g/mol. The molecule has 166 valence electrons. The van der Waals surface area contributed by atoms with Crippen molar-refractivity contribution in [3.8, 4) is 17.0 Å². The predicted octanol–water partition coefficient (Wildman–Crippen LogP) is 3.23.